The third kappa shape index (κ3) is 9.28. The zero-order chi connectivity index (χ0) is 24.8. The lowest BCUT2D eigenvalue weighted by Gasteiger charge is -2.12. The van der Waals surface area contributed by atoms with Crippen LogP contribution >= 0.6 is 0 Å². The third-order valence-corrected chi connectivity index (χ3v) is 5.83. The molecule has 1 heterocycles. The van der Waals surface area contributed by atoms with Gasteiger partial charge in [-0.3, -0.25) is 0 Å². The van der Waals surface area contributed by atoms with Crippen molar-refractivity contribution in [2.75, 3.05) is 13.2 Å². The SMILES string of the molecule is CCCCCCCCCCOc1c(O)c(=O)oc2c(OC/C=C(\C)CCC=C(C)C)cccc12. The summed E-state index contributed by atoms with van der Waals surface area (Å²) in [6, 6.07) is 5.34. The molecule has 2 rings (SSSR count). The molecule has 0 saturated heterocycles. The van der Waals surface area contributed by atoms with Gasteiger partial charge in [-0.05, 0) is 58.2 Å². The van der Waals surface area contributed by atoms with Crippen LogP contribution in [-0.4, -0.2) is 18.3 Å². The summed E-state index contributed by atoms with van der Waals surface area (Å²) in [5.41, 5.74) is 2.04. The molecular formula is C29H42O5. The summed E-state index contributed by atoms with van der Waals surface area (Å²) in [5.74, 6) is 0.146. The van der Waals surface area contributed by atoms with Crippen LogP contribution in [0.4, 0.5) is 0 Å². The molecule has 0 unspecified atom stereocenters. The lowest BCUT2D eigenvalue weighted by Crippen LogP contribution is -2.06. The van der Waals surface area contributed by atoms with Crippen LogP contribution in [0.15, 0.2) is 50.7 Å². The quantitative estimate of drug-likeness (QED) is 0.152. The molecule has 34 heavy (non-hydrogen) atoms. The van der Waals surface area contributed by atoms with Gasteiger partial charge in [-0.1, -0.05) is 75.2 Å². The number of hydrogen-bond acceptors (Lipinski definition) is 5. The average Bonchev–Trinajstić information content (AvgIpc) is 2.80. The van der Waals surface area contributed by atoms with E-state index >= 15 is 0 Å². The highest BCUT2D eigenvalue weighted by Gasteiger charge is 2.18. The molecule has 1 aromatic heterocycles. The van der Waals surface area contributed by atoms with E-state index < -0.39 is 11.4 Å². The van der Waals surface area contributed by atoms with Gasteiger partial charge in [0.2, 0.25) is 5.75 Å². The summed E-state index contributed by atoms with van der Waals surface area (Å²) in [7, 11) is 0. The van der Waals surface area contributed by atoms with Gasteiger partial charge in [0.1, 0.15) is 6.61 Å². The van der Waals surface area contributed by atoms with Crippen LogP contribution in [0.1, 0.15) is 91.9 Å². The fourth-order valence-corrected chi connectivity index (χ4v) is 3.80. The Morgan fingerprint density at radius 2 is 1.68 bits per heavy atom. The van der Waals surface area contributed by atoms with Gasteiger partial charge in [0.15, 0.2) is 17.1 Å². The van der Waals surface area contributed by atoms with E-state index in [9.17, 15) is 9.90 Å². The normalized spacial score (nSPS) is 11.6. The third-order valence-electron chi connectivity index (χ3n) is 5.83. The molecule has 0 spiro atoms. The standard InChI is InChI=1S/C29H42O5/c1-5-6-7-8-9-10-11-12-20-33-28-24-17-14-18-25(27(24)34-29(31)26(28)30)32-21-19-23(4)16-13-15-22(2)3/h14-15,17-19,30H,5-13,16,20-21H2,1-4H3/b23-19+. The van der Waals surface area contributed by atoms with Crippen molar-refractivity contribution in [3.63, 3.8) is 0 Å². The first-order chi connectivity index (χ1) is 16.4. The summed E-state index contributed by atoms with van der Waals surface area (Å²) >= 11 is 0. The van der Waals surface area contributed by atoms with Crippen LogP contribution in [0.3, 0.4) is 0 Å². The summed E-state index contributed by atoms with van der Waals surface area (Å²) in [6.45, 7) is 9.32. The van der Waals surface area contributed by atoms with Crippen molar-refractivity contribution >= 4 is 11.0 Å². The predicted molar refractivity (Wildman–Crippen MR) is 140 cm³/mol. The second kappa shape index (κ2) is 15.3. The highest BCUT2D eigenvalue weighted by molar-refractivity contribution is 5.89. The number of para-hydroxylation sites is 1. The van der Waals surface area contributed by atoms with E-state index in [0.29, 0.717) is 29.9 Å². The van der Waals surface area contributed by atoms with Crippen molar-refractivity contribution in [1.29, 1.82) is 0 Å². The minimum atomic E-state index is -0.817. The van der Waals surface area contributed by atoms with Crippen molar-refractivity contribution < 1.29 is 19.0 Å². The molecule has 1 aromatic carbocycles. The van der Waals surface area contributed by atoms with Crippen LogP contribution in [0, 0.1) is 0 Å². The maximum atomic E-state index is 12.3. The molecule has 5 heteroatoms. The number of unbranched alkanes of at least 4 members (excludes halogenated alkanes) is 7. The van der Waals surface area contributed by atoms with E-state index in [-0.39, 0.29) is 5.75 Å². The summed E-state index contributed by atoms with van der Waals surface area (Å²) < 4.78 is 17.1. The monoisotopic (exact) mass is 470 g/mol. The van der Waals surface area contributed by atoms with Crippen molar-refractivity contribution in [1.82, 2.24) is 0 Å². The van der Waals surface area contributed by atoms with Crippen LogP contribution < -0.4 is 15.1 Å². The Morgan fingerprint density at radius 1 is 0.971 bits per heavy atom. The van der Waals surface area contributed by atoms with Gasteiger partial charge in [-0.25, -0.2) is 4.79 Å². The number of rotatable bonds is 16. The Bertz CT molecular complexity index is 995. The molecule has 5 nitrogen and oxygen atoms in total. The summed E-state index contributed by atoms with van der Waals surface area (Å²) in [6.07, 6.45) is 15.8. The molecule has 0 saturated carbocycles. The summed E-state index contributed by atoms with van der Waals surface area (Å²) in [5, 5.41) is 10.8. The van der Waals surface area contributed by atoms with Crippen molar-refractivity contribution in [3.05, 3.63) is 51.9 Å². The van der Waals surface area contributed by atoms with E-state index in [4.69, 9.17) is 13.9 Å². The molecule has 188 valence electrons. The van der Waals surface area contributed by atoms with Crippen LogP contribution in [0.2, 0.25) is 0 Å². The molecule has 0 fully saturated rings. The van der Waals surface area contributed by atoms with Crippen molar-refractivity contribution in [2.24, 2.45) is 0 Å². The fourth-order valence-electron chi connectivity index (χ4n) is 3.80. The number of hydrogen-bond donors (Lipinski definition) is 1. The molecule has 0 bridgehead atoms. The lowest BCUT2D eigenvalue weighted by molar-refractivity contribution is 0.284. The lowest BCUT2D eigenvalue weighted by atomic mass is 10.1. The first-order valence-corrected chi connectivity index (χ1v) is 12.8. The van der Waals surface area contributed by atoms with Gasteiger partial charge in [0.25, 0.3) is 0 Å². The molecule has 0 aliphatic heterocycles. The van der Waals surface area contributed by atoms with Gasteiger partial charge in [-0.15, -0.1) is 0 Å². The van der Waals surface area contributed by atoms with E-state index in [2.05, 4.69) is 33.8 Å². The number of aromatic hydroxyl groups is 1. The molecular weight excluding hydrogens is 428 g/mol. The van der Waals surface area contributed by atoms with Gasteiger partial charge in [0.05, 0.1) is 12.0 Å². The largest absolute Gasteiger partial charge is 0.499 e. The van der Waals surface area contributed by atoms with Crippen LogP contribution in [0.5, 0.6) is 17.2 Å². The molecule has 0 amide bonds. The zero-order valence-corrected chi connectivity index (χ0v) is 21.5. The van der Waals surface area contributed by atoms with E-state index in [1.165, 1.54) is 49.7 Å². The minimum Gasteiger partial charge on any atom is -0.499 e. The Hall–Kier alpha value is -2.69. The molecule has 0 aliphatic carbocycles. The number of allylic oxidation sites excluding steroid dienone is 3. The zero-order valence-electron chi connectivity index (χ0n) is 21.5. The Morgan fingerprint density at radius 3 is 2.38 bits per heavy atom. The molecule has 0 radical (unpaired) electrons. The predicted octanol–water partition coefficient (Wildman–Crippen LogP) is 8.09. The Balaban J connectivity index is 1.98. The number of ether oxygens (including phenoxy) is 2. The Labute approximate surface area is 204 Å². The minimum absolute atomic E-state index is 0.174. The van der Waals surface area contributed by atoms with Gasteiger partial charge < -0.3 is 19.0 Å². The van der Waals surface area contributed by atoms with Gasteiger partial charge in [-0.2, -0.15) is 0 Å². The highest BCUT2D eigenvalue weighted by atomic mass is 16.5. The van der Waals surface area contributed by atoms with Gasteiger partial charge >= 0.3 is 5.63 Å². The highest BCUT2D eigenvalue weighted by Crippen LogP contribution is 2.36. The first kappa shape index (κ1) is 27.6. The smallest absolute Gasteiger partial charge is 0.382 e. The second-order valence-corrected chi connectivity index (χ2v) is 9.21. The average molecular weight is 471 g/mol. The first-order valence-electron chi connectivity index (χ1n) is 12.8. The van der Waals surface area contributed by atoms with Crippen LogP contribution in [0.25, 0.3) is 11.0 Å². The molecule has 0 atom stereocenters. The number of benzene rings is 1. The van der Waals surface area contributed by atoms with E-state index in [0.717, 1.165) is 25.7 Å². The number of fused-ring (bicyclic) bond motifs is 1. The van der Waals surface area contributed by atoms with Crippen LogP contribution in [-0.2, 0) is 0 Å². The fraction of sp³-hybridized carbons (Fsp3) is 0.552. The molecule has 0 aliphatic rings. The second-order valence-electron chi connectivity index (χ2n) is 9.21. The Kier molecular flexibility index (Phi) is 12.4. The van der Waals surface area contributed by atoms with Crippen molar-refractivity contribution in [2.45, 2.75) is 91.9 Å². The summed E-state index contributed by atoms with van der Waals surface area (Å²) in [4.78, 5) is 12.3. The van der Waals surface area contributed by atoms with E-state index in [1.807, 2.05) is 12.1 Å². The maximum absolute atomic E-state index is 12.3. The maximum Gasteiger partial charge on any atom is 0.382 e. The molecule has 2 aromatic rings. The molecule has 1 N–H and O–H groups in total. The van der Waals surface area contributed by atoms with Crippen molar-refractivity contribution in [3.8, 4) is 17.2 Å². The topological polar surface area (TPSA) is 68.9 Å². The van der Waals surface area contributed by atoms with Gasteiger partial charge in [0, 0.05) is 0 Å². The van der Waals surface area contributed by atoms with E-state index in [1.54, 1.807) is 12.1 Å².